The minimum absolute atomic E-state index is 0.211. The van der Waals surface area contributed by atoms with Crippen LogP contribution in [0.1, 0.15) is 15.9 Å². The first-order chi connectivity index (χ1) is 9.31. The van der Waals surface area contributed by atoms with E-state index in [0.29, 0.717) is 11.1 Å². The summed E-state index contributed by atoms with van der Waals surface area (Å²) in [5.41, 5.74) is 24.2. The van der Waals surface area contributed by atoms with Crippen LogP contribution in [0, 0.1) is 0 Å². The fourth-order valence-electron chi connectivity index (χ4n) is 1.71. The van der Waals surface area contributed by atoms with Gasteiger partial charge in [-0.25, -0.2) is 0 Å². The zero-order chi connectivity index (χ0) is 15.0. The lowest BCUT2D eigenvalue weighted by Gasteiger charge is -2.09. The maximum absolute atomic E-state index is 12.4. The van der Waals surface area contributed by atoms with Gasteiger partial charge < -0.3 is 22.9 Å². The number of carbonyl (C=O) groups is 1. The van der Waals surface area contributed by atoms with Crippen molar-refractivity contribution in [3.05, 3.63) is 45.4 Å². The summed E-state index contributed by atoms with van der Waals surface area (Å²) in [4.78, 5) is 12.4. The topological polar surface area (TPSA) is 121 Å². The van der Waals surface area contributed by atoms with Gasteiger partial charge in [0.25, 0.3) is 0 Å². The highest BCUT2D eigenvalue weighted by Crippen LogP contribution is 2.31. The molecule has 20 heavy (non-hydrogen) atoms. The number of nitrogen functional groups attached to an aromatic ring is 4. The number of hydrogen-bond acceptors (Lipinski definition) is 5. The molecular formula is C13H12Cl2N4O. The van der Waals surface area contributed by atoms with Crippen molar-refractivity contribution in [2.24, 2.45) is 0 Å². The van der Waals surface area contributed by atoms with Crippen molar-refractivity contribution in [3.63, 3.8) is 0 Å². The maximum Gasteiger partial charge on any atom is 0.193 e. The van der Waals surface area contributed by atoms with Gasteiger partial charge in [-0.15, -0.1) is 0 Å². The van der Waals surface area contributed by atoms with E-state index in [-0.39, 0.29) is 38.6 Å². The second-order valence-corrected chi connectivity index (χ2v) is 5.07. The average Bonchev–Trinajstić information content (AvgIpc) is 2.40. The van der Waals surface area contributed by atoms with E-state index < -0.39 is 0 Å². The summed E-state index contributed by atoms with van der Waals surface area (Å²) in [6.07, 6.45) is 0. The second kappa shape index (κ2) is 5.11. The zero-order valence-corrected chi connectivity index (χ0v) is 11.8. The van der Waals surface area contributed by atoms with E-state index in [4.69, 9.17) is 46.1 Å². The molecule has 0 radical (unpaired) electrons. The van der Waals surface area contributed by atoms with Crippen LogP contribution in [-0.2, 0) is 0 Å². The van der Waals surface area contributed by atoms with Crippen molar-refractivity contribution in [1.29, 1.82) is 0 Å². The van der Waals surface area contributed by atoms with Crippen LogP contribution >= 0.6 is 23.2 Å². The van der Waals surface area contributed by atoms with Gasteiger partial charge in [-0.2, -0.15) is 0 Å². The van der Waals surface area contributed by atoms with Crippen molar-refractivity contribution in [3.8, 4) is 0 Å². The van der Waals surface area contributed by atoms with Gasteiger partial charge in [-0.3, -0.25) is 4.79 Å². The minimum atomic E-state index is -0.327. The Morgan fingerprint density at radius 3 is 1.40 bits per heavy atom. The molecule has 0 fully saturated rings. The third-order valence-corrected chi connectivity index (χ3v) is 3.47. The number of rotatable bonds is 2. The Kier molecular flexibility index (Phi) is 3.65. The summed E-state index contributed by atoms with van der Waals surface area (Å²) in [5, 5.41) is 0.422. The minimum Gasteiger partial charge on any atom is -0.397 e. The van der Waals surface area contributed by atoms with Gasteiger partial charge in [-0.1, -0.05) is 23.2 Å². The first-order valence-corrected chi connectivity index (χ1v) is 6.30. The molecule has 2 rings (SSSR count). The molecule has 2 aromatic carbocycles. The molecule has 8 N–H and O–H groups in total. The molecule has 0 saturated heterocycles. The van der Waals surface area contributed by atoms with E-state index in [0.717, 1.165) is 0 Å². The molecule has 0 aromatic heterocycles. The number of nitrogens with two attached hydrogens (primary N) is 4. The van der Waals surface area contributed by atoms with Crippen LogP contribution in [0.5, 0.6) is 0 Å². The molecule has 0 aliphatic carbocycles. The van der Waals surface area contributed by atoms with Crippen LogP contribution in [0.15, 0.2) is 24.3 Å². The summed E-state index contributed by atoms with van der Waals surface area (Å²) in [6.45, 7) is 0. The molecule has 0 bridgehead atoms. The van der Waals surface area contributed by atoms with Crippen molar-refractivity contribution in [1.82, 2.24) is 0 Å². The largest absolute Gasteiger partial charge is 0.397 e. The third-order valence-electron chi connectivity index (χ3n) is 2.85. The van der Waals surface area contributed by atoms with Crippen LogP contribution in [-0.4, -0.2) is 5.78 Å². The number of anilines is 4. The first-order valence-electron chi connectivity index (χ1n) is 5.55. The molecule has 0 aliphatic heterocycles. The second-order valence-electron chi connectivity index (χ2n) is 4.25. The monoisotopic (exact) mass is 310 g/mol. The van der Waals surface area contributed by atoms with Crippen LogP contribution in [0.25, 0.3) is 0 Å². The maximum atomic E-state index is 12.4. The van der Waals surface area contributed by atoms with Crippen molar-refractivity contribution in [2.45, 2.75) is 0 Å². The van der Waals surface area contributed by atoms with Gasteiger partial charge in [0.15, 0.2) is 5.78 Å². The van der Waals surface area contributed by atoms with Gasteiger partial charge in [0, 0.05) is 11.1 Å². The fraction of sp³-hybridized carbons (Fsp3) is 0. The molecule has 0 unspecified atom stereocenters. The highest BCUT2D eigenvalue weighted by atomic mass is 35.5. The average molecular weight is 311 g/mol. The van der Waals surface area contributed by atoms with Crippen LogP contribution in [0.4, 0.5) is 22.7 Å². The zero-order valence-electron chi connectivity index (χ0n) is 10.3. The molecule has 0 saturated carbocycles. The molecule has 104 valence electrons. The van der Waals surface area contributed by atoms with E-state index in [1.54, 1.807) is 0 Å². The SMILES string of the molecule is Nc1cc(C(=O)c2cc(N)c(N)c(Cl)c2)cc(Cl)c1N. The Morgan fingerprint density at radius 2 is 1.10 bits per heavy atom. The van der Waals surface area contributed by atoms with E-state index in [1.165, 1.54) is 24.3 Å². The highest BCUT2D eigenvalue weighted by Gasteiger charge is 2.15. The number of ketones is 1. The summed E-state index contributed by atoms with van der Waals surface area (Å²) in [7, 11) is 0. The Balaban J connectivity index is 2.52. The molecule has 0 heterocycles. The van der Waals surface area contributed by atoms with E-state index in [9.17, 15) is 4.79 Å². The van der Waals surface area contributed by atoms with Crippen molar-refractivity contribution in [2.75, 3.05) is 22.9 Å². The van der Waals surface area contributed by atoms with Gasteiger partial charge in [0.1, 0.15) is 0 Å². The predicted molar refractivity (Wildman–Crippen MR) is 84.0 cm³/mol. The number of hydrogen-bond donors (Lipinski definition) is 4. The fourth-order valence-corrected chi connectivity index (χ4v) is 2.16. The Hall–Kier alpha value is -2.11. The lowest BCUT2D eigenvalue weighted by Crippen LogP contribution is -2.06. The number of halogens is 2. The summed E-state index contributed by atoms with van der Waals surface area (Å²) >= 11 is 11.8. The molecule has 2 aromatic rings. The highest BCUT2D eigenvalue weighted by molar-refractivity contribution is 6.35. The predicted octanol–water partition coefficient (Wildman–Crippen LogP) is 2.55. The number of benzene rings is 2. The summed E-state index contributed by atoms with van der Waals surface area (Å²) in [6, 6.07) is 5.78. The van der Waals surface area contributed by atoms with Crippen molar-refractivity contribution >= 4 is 51.7 Å². The van der Waals surface area contributed by atoms with Gasteiger partial charge in [0.2, 0.25) is 0 Å². The van der Waals surface area contributed by atoms with Gasteiger partial charge in [-0.05, 0) is 24.3 Å². The molecular weight excluding hydrogens is 299 g/mol. The molecule has 0 aliphatic rings. The lowest BCUT2D eigenvalue weighted by molar-refractivity contribution is 0.103. The van der Waals surface area contributed by atoms with Gasteiger partial charge >= 0.3 is 0 Å². The van der Waals surface area contributed by atoms with Crippen LogP contribution in [0.2, 0.25) is 10.0 Å². The van der Waals surface area contributed by atoms with Gasteiger partial charge in [0.05, 0.1) is 32.8 Å². The van der Waals surface area contributed by atoms with Crippen LogP contribution < -0.4 is 22.9 Å². The van der Waals surface area contributed by atoms with Crippen LogP contribution in [0.3, 0.4) is 0 Å². The van der Waals surface area contributed by atoms with Crippen molar-refractivity contribution < 1.29 is 4.79 Å². The standard InChI is InChI=1S/C13H12Cl2N4O/c14-7-1-5(3-9(16)11(7)18)13(20)6-2-8(15)12(19)10(17)4-6/h1-4H,16-19H2. The van der Waals surface area contributed by atoms with E-state index >= 15 is 0 Å². The molecule has 0 atom stereocenters. The molecule has 7 heteroatoms. The summed E-state index contributed by atoms with van der Waals surface area (Å²) < 4.78 is 0. The lowest BCUT2D eigenvalue weighted by atomic mass is 10.0. The molecule has 5 nitrogen and oxygen atoms in total. The van der Waals surface area contributed by atoms with E-state index in [2.05, 4.69) is 0 Å². The Labute approximate surface area is 125 Å². The normalized spacial score (nSPS) is 10.5. The first kappa shape index (κ1) is 14.3. The third kappa shape index (κ3) is 2.45. The Bertz CT molecular complexity index is 610. The number of carbonyl (C=O) groups excluding carboxylic acids is 1. The summed E-state index contributed by atoms with van der Waals surface area (Å²) in [5.74, 6) is -0.327. The molecule has 0 spiro atoms. The Morgan fingerprint density at radius 1 is 0.750 bits per heavy atom. The molecule has 0 amide bonds. The smallest absolute Gasteiger partial charge is 0.193 e. The van der Waals surface area contributed by atoms with E-state index in [1.807, 2.05) is 0 Å². The quantitative estimate of drug-likeness (QED) is 0.501.